The summed E-state index contributed by atoms with van der Waals surface area (Å²) in [6.45, 7) is 10.1. The van der Waals surface area contributed by atoms with E-state index in [1.807, 2.05) is 34.6 Å². The summed E-state index contributed by atoms with van der Waals surface area (Å²) in [6, 6.07) is 1.74. The van der Waals surface area contributed by atoms with Crippen molar-refractivity contribution < 1.29 is 9.90 Å². The Labute approximate surface area is 108 Å². The van der Waals surface area contributed by atoms with Crippen molar-refractivity contribution in [1.82, 2.24) is 15.5 Å². The maximum atomic E-state index is 11.8. The molecule has 1 aromatic rings. The van der Waals surface area contributed by atoms with E-state index in [0.717, 1.165) is 5.69 Å². The minimum atomic E-state index is -0.579. The fourth-order valence-corrected chi connectivity index (χ4v) is 1.33. The molecule has 3 N–H and O–H groups in total. The molecule has 1 amide bonds. The van der Waals surface area contributed by atoms with E-state index in [1.165, 1.54) is 0 Å². The number of rotatable bonds is 4. The first-order chi connectivity index (χ1) is 8.21. The number of hydrogen-bond acceptors (Lipinski definition) is 3. The average molecular weight is 253 g/mol. The molecule has 0 aliphatic carbocycles. The normalized spacial score (nSPS) is 13.7. The Morgan fingerprint density at radius 1 is 1.50 bits per heavy atom. The zero-order chi connectivity index (χ0) is 13.9. The van der Waals surface area contributed by atoms with Crippen LogP contribution < -0.4 is 5.32 Å². The summed E-state index contributed by atoms with van der Waals surface area (Å²) in [7, 11) is 0. The predicted octanol–water partition coefficient (Wildman–Crippen LogP) is 1.67. The van der Waals surface area contributed by atoms with Crippen molar-refractivity contribution in [3.63, 3.8) is 0 Å². The van der Waals surface area contributed by atoms with E-state index in [1.54, 1.807) is 6.07 Å². The Bertz CT molecular complexity index is 405. The van der Waals surface area contributed by atoms with Crippen molar-refractivity contribution in [3.05, 3.63) is 17.5 Å². The van der Waals surface area contributed by atoms with Crippen molar-refractivity contribution >= 4 is 5.91 Å². The predicted molar refractivity (Wildman–Crippen MR) is 70.5 cm³/mol. The van der Waals surface area contributed by atoms with Gasteiger partial charge in [0.25, 0.3) is 5.91 Å². The molecule has 0 radical (unpaired) electrons. The average Bonchev–Trinajstić information content (AvgIpc) is 2.73. The molecule has 0 saturated carbocycles. The molecule has 0 aliphatic heterocycles. The second-order valence-corrected chi connectivity index (χ2v) is 5.96. The van der Waals surface area contributed by atoms with Crippen LogP contribution in [0.25, 0.3) is 0 Å². The van der Waals surface area contributed by atoms with Gasteiger partial charge in [-0.15, -0.1) is 0 Å². The van der Waals surface area contributed by atoms with Crippen LogP contribution in [0.1, 0.15) is 56.7 Å². The van der Waals surface area contributed by atoms with Crippen molar-refractivity contribution in [2.45, 2.75) is 46.6 Å². The Kier molecular flexibility index (Phi) is 4.51. The van der Waals surface area contributed by atoms with Crippen LogP contribution >= 0.6 is 0 Å². The number of hydrogen-bond donors (Lipinski definition) is 3. The molecule has 0 aromatic carbocycles. The Morgan fingerprint density at radius 3 is 2.56 bits per heavy atom. The summed E-state index contributed by atoms with van der Waals surface area (Å²) in [6.07, 6.45) is -0.579. The number of nitrogens with zero attached hydrogens (tertiary/aromatic N) is 1. The fourth-order valence-electron chi connectivity index (χ4n) is 1.33. The van der Waals surface area contributed by atoms with E-state index in [2.05, 4.69) is 15.5 Å². The third kappa shape index (κ3) is 3.84. The van der Waals surface area contributed by atoms with Gasteiger partial charge in [0.1, 0.15) is 5.69 Å². The second-order valence-electron chi connectivity index (χ2n) is 5.96. The summed E-state index contributed by atoms with van der Waals surface area (Å²) in [5.74, 6) is 0.0423. The SMILES string of the molecule is CC(C)c1cc(C(=O)NCC(O)C(C)(C)C)n[nH]1. The third-order valence-corrected chi connectivity index (χ3v) is 2.91. The van der Waals surface area contributed by atoms with Crippen molar-refractivity contribution in [1.29, 1.82) is 0 Å². The van der Waals surface area contributed by atoms with Gasteiger partial charge in [0, 0.05) is 12.2 Å². The van der Waals surface area contributed by atoms with Crippen LogP contribution in [0.2, 0.25) is 0 Å². The van der Waals surface area contributed by atoms with Gasteiger partial charge in [-0.05, 0) is 17.4 Å². The fraction of sp³-hybridized carbons (Fsp3) is 0.692. The molecular formula is C13H23N3O2. The molecule has 0 saturated heterocycles. The summed E-state index contributed by atoms with van der Waals surface area (Å²) in [5, 5.41) is 19.3. The van der Waals surface area contributed by atoms with Crippen molar-refractivity contribution in [2.24, 2.45) is 5.41 Å². The summed E-state index contributed by atoms with van der Waals surface area (Å²) < 4.78 is 0. The first-order valence-electron chi connectivity index (χ1n) is 6.23. The van der Waals surface area contributed by atoms with Gasteiger partial charge in [-0.1, -0.05) is 34.6 Å². The van der Waals surface area contributed by atoms with Gasteiger partial charge in [-0.3, -0.25) is 9.89 Å². The number of H-pyrrole nitrogens is 1. The van der Waals surface area contributed by atoms with Crippen LogP contribution in [0.15, 0.2) is 6.07 Å². The minimum absolute atomic E-state index is 0.228. The summed E-state index contributed by atoms with van der Waals surface area (Å²) in [4.78, 5) is 11.8. The maximum absolute atomic E-state index is 11.8. The highest BCUT2D eigenvalue weighted by Crippen LogP contribution is 2.18. The molecule has 0 aliphatic rings. The van der Waals surface area contributed by atoms with Crippen LogP contribution in [0.4, 0.5) is 0 Å². The lowest BCUT2D eigenvalue weighted by Crippen LogP contribution is -2.39. The van der Waals surface area contributed by atoms with Gasteiger partial charge in [0.15, 0.2) is 0 Å². The molecule has 1 unspecified atom stereocenters. The molecule has 1 rings (SSSR count). The van der Waals surface area contributed by atoms with E-state index in [9.17, 15) is 9.90 Å². The highest BCUT2D eigenvalue weighted by Gasteiger charge is 2.23. The van der Waals surface area contributed by atoms with Crippen LogP contribution in [0.3, 0.4) is 0 Å². The first-order valence-corrected chi connectivity index (χ1v) is 6.23. The number of aliphatic hydroxyl groups is 1. The Balaban J connectivity index is 2.55. The lowest BCUT2D eigenvalue weighted by Gasteiger charge is -2.25. The van der Waals surface area contributed by atoms with Gasteiger partial charge in [-0.2, -0.15) is 5.10 Å². The van der Waals surface area contributed by atoms with Gasteiger partial charge in [0.05, 0.1) is 6.10 Å². The largest absolute Gasteiger partial charge is 0.391 e. The summed E-state index contributed by atoms with van der Waals surface area (Å²) in [5.41, 5.74) is 1.04. The molecule has 102 valence electrons. The molecule has 1 heterocycles. The molecular weight excluding hydrogens is 230 g/mol. The monoisotopic (exact) mass is 253 g/mol. The minimum Gasteiger partial charge on any atom is -0.391 e. The van der Waals surface area contributed by atoms with E-state index >= 15 is 0 Å². The third-order valence-electron chi connectivity index (χ3n) is 2.91. The number of carbonyl (C=O) groups is 1. The van der Waals surface area contributed by atoms with Gasteiger partial charge >= 0.3 is 0 Å². The van der Waals surface area contributed by atoms with Gasteiger partial charge in [-0.25, -0.2) is 0 Å². The van der Waals surface area contributed by atoms with Crippen LogP contribution in [0.5, 0.6) is 0 Å². The van der Waals surface area contributed by atoms with Crippen LogP contribution in [-0.4, -0.2) is 33.9 Å². The number of carbonyl (C=O) groups excluding carboxylic acids is 1. The smallest absolute Gasteiger partial charge is 0.271 e. The molecule has 5 nitrogen and oxygen atoms in total. The molecule has 0 bridgehead atoms. The topological polar surface area (TPSA) is 78.0 Å². The quantitative estimate of drug-likeness (QED) is 0.763. The summed E-state index contributed by atoms with van der Waals surface area (Å²) >= 11 is 0. The standard InChI is InChI=1S/C13H23N3O2/c1-8(2)9-6-10(16-15-9)12(18)14-7-11(17)13(3,4)5/h6,8,11,17H,7H2,1-5H3,(H,14,18)(H,15,16). The van der Waals surface area contributed by atoms with E-state index in [4.69, 9.17) is 0 Å². The highest BCUT2D eigenvalue weighted by atomic mass is 16.3. The van der Waals surface area contributed by atoms with E-state index in [-0.39, 0.29) is 17.9 Å². The zero-order valence-corrected chi connectivity index (χ0v) is 11.7. The highest BCUT2D eigenvalue weighted by molar-refractivity contribution is 5.92. The number of amides is 1. The van der Waals surface area contributed by atoms with Crippen LogP contribution in [-0.2, 0) is 0 Å². The van der Waals surface area contributed by atoms with Crippen molar-refractivity contribution in [2.75, 3.05) is 6.54 Å². The lowest BCUT2D eigenvalue weighted by molar-refractivity contribution is 0.0585. The number of aliphatic hydroxyl groups excluding tert-OH is 1. The van der Waals surface area contributed by atoms with E-state index in [0.29, 0.717) is 11.6 Å². The van der Waals surface area contributed by atoms with Crippen molar-refractivity contribution in [3.8, 4) is 0 Å². The zero-order valence-electron chi connectivity index (χ0n) is 11.7. The molecule has 18 heavy (non-hydrogen) atoms. The first kappa shape index (κ1) is 14.7. The van der Waals surface area contributed by atoms with E-state index < -0.39 is 6.10 Å². The Hall–Kier alpha value is -1.36. The number of nitrogens with one attached hydrogen (secondary N) is 2. The molecule has 0 spiro atoms. The molecule has 1 aromatic heterocycles. The second kappa shape index (κ2) is 5.52. The lowest BCUT2D eigenvalue weighted by atomic mass is 9.89. The molecule has 1 atom stereocenters. The maximum Gasteiger partial charge on any atom is 0.271 e. The number of aromatic amines is 1. The van der Waals surface area contributed by atoms with Gasteiger partial charge in [0.2, 0.25) is 0 Å². The Morgan fingerprint density at radius 2 is 2.11 bits per heavy atom. The number of aromatic nitrogens is 2. The van der Waals surface area contributed by atoms with Crippen LogP contribution in [0, 0.1) is 5.41 Å². The van der Waals surface area contributed by atoms with Gasteiger partial charge < -0.3 is 10.4 Å². The molecule has 0 fully saturated rings. The molecule has 5 heteroatoms.